The lowest BCUT2D eigenvalue weighted by molar-refractivity contribution is -0.144. The minimum atomic E-state index is -1.02. The SMILES string of the molecule is C[C@@H](C(=O)O)N1CCN(CC(=O)O)CCN(CC(=O)O)CCN(CC(=O)O)CC1. The van der Waals surface area contributed by atoms with Gasteiger partial charge in [0.05, 0.1) is 19.6 Å². The van der Waals surface area contributed by atoms with Gasteiger partial charge in [0.15, 0.2) is 0 Å². The van der Waals surface area contributed by atoms with Crippen LogP contribution in [-0.4, -0.2) is 142 Å². The minimum absolute atomic E-state index is 0.232. The molecular weight excluding hydrogens is 388 g/mol. The molecule has 29 heavy (non-hydrogen) atoms. The summed E-state index contributed by atoms with van der Waals surface area (Å²) in [5.74, 6) is -4.08. The first-order valence-electron chi connectivity index (χ1n) is 9.37. The van der Waals surface area contributed by atoms with Crippen molar-refractivity contribution < 1.29 is 39.6 Å². The maximum atomic E-state index is 11.4. The molecule has 0 spiro atoms. The lowest BCUT2D eigenvalue weighted by Crippen LogP contribution is -2.51. The molecule has 1 fully saturated rings. The van der Waals surface area contributed by atoms with Crippen LogP contribution in [0.2, 0.25) is 0 Å². The van der Waals surface area contributed by atoms with Crippen LogP contribution in [0.25, 0.3) is 0 Å². The number of carboxylic acids is 4. The van der Waals surface area contributed by atoms with Crippen molar-refractivity contribution in [2.45, 2.75) is 13.0 Å². The first-order chi connectivity index (χ1) is 13.6. The highest BCUT2D eigenvalue weighted by molar-refractivity contribution is 5.73. The van der Waals surface area contributed by atoms with Crippen molar-refractivity contribution in [3.8, 4) is 0 Å². The van der Waals surface area contributed by atoms with Crippen LogP contribution in [0.4, 0.5) is 0 Å². The van der Waals surface area contributed by atoms with E-state index in [1.54, 1.807) is 19.6 Å². The van der Waals surface area contributed by atoms with E-state index in [2.05, 4.69) is 0 Å². The van der Waals surface area contributed by atoms with Crippen molar-refractivity contribution in [1.29, 1.82) is 0 Å². The van der Waals surface area contributed by atoms with Gasteiger partial charge < -0.3 is 20.4 Å². The molecule has 0 saturated carbocycles. The molecule has 1 saturated heterocycles. The van der Waals surface area contributed by atoms with Crippen molar-refractivity contribution >= 4 is 23.9 Å². The fourth-order valence-corrected chi connectivity index (χ4v) is 3.14. The number of rotatable bonds is 8. The van der Waals surface area contributed by atoms with Crippen LogP contribution in [0.1, 0.15) is 6.92 Å². The Morgan fingerprint density at radius 3 is 1.14 bits per heavy atom. The van der Waals surface area contributed by atoms with Gasteiger partial charge in [-0.2, -0.15) is 0 Å². The van der Waals surface area contributed by atoms with Gasteiger partial charge in [0.2, 0.25) is 0 Å². The summed E-state index contributed by atoms with van der Waals surface area (Å²) in [6, 6.07) is -0.806. The summed E-state index contributed by atoms with van der Waals surface area (Å²) in [7, 11) is 0. The summed E-state index contributed by atoms with van der Waals surface area (Å²) in [5.41, 5.74) is 0. The molecule has 4 N–H and O–H groups in total. The average Bonchev–Trinajstić information content (AvgIpc) is 2.59. The molecule has 1 atom stereocenters. The number of carbonyl (C=O) groups is 4. The number of carboxylic acid groups (broad SMARTS) is 4. The summed E-state index contributed by atoms with van der Waals surface area (Å²) in [4.78, 5) is 51.5. The van der Waals surface area contributed by atoms with Crippen LogP contribution in [-0.2, 0) is 19.2 Å². The van der Waals surface area contributed by atoms with Gasteiger partial charge in [-0.25, -0.2) is 0 Å². The van der Waals surface area contributed by atoms with Gasteiger partial charge >= 0.3 is 23.9 Å². The van der Waals surface area contributed by atoms with E-state index in [1.165, 1.54) is 6.92 Å². The number of hydrogen-bond acceptors (Lipinski definition) is 8. The third kappa shape index (κ3) is 10.2. The van der Waals surface area contributed by atoms with E-state index in [0.29, 0.717) is 52.4 Å². The van der Waals surface area contributed by atoms with Gasteiger partial charge in [-0.3, -0.25) is 38.8 Å². The largest absolute Gasteiger partial charge is 0.480 e. The zero-order valence-corrected chi connectivity index (χ0v) is 16.6. The molecule has 0 aromatic heterocycles. The third-order valence-corrected chi connectivity index (χ3v) is 4.85. The summed E-state index contributed by atoms with van der Waals surface area (Å²) in [6.45, 7) is 3.21. The molecule has 0 bridgehead atoms. The molecule has 0 amide bonds. The fraction of sp³-hybridized carbons (Fsp3) is 0.765. The van der Waals surface area contributed by atoms with Gasteiger partial charge in [-0.05, 0) is 6.92 Å². The van der Waals surface area contributed by atoms with E-state index in [4.69, 9.17) is 15.3 Å². The summed E-state index contributed by atoms with van der Waals surface area (Å²) in [5, 5.41) is 36.7. The Bertz CT molecular complexity index is 556. The second-order valence-corrected chi connectivity index (χ2v) is 7.06. The van der Waals surface area contributed by atoms with E-state index >= 15 is 0 Å². The molecule has 12 heteroatoms. The molecular formula is C17H30N4O8. The van der Waals surface area contributed by atoms with E-state index in [9.17, 15) is 24.3 Å². The highest BCUT2D eigenvalue weighted by Gasteiger charge is 2.24. The Kier molecular flexibility index (Phi) is 10.5. The molecule has 1 aliphatic heterocycles. The molecule has 166 valence electrons. The van der Waals surface area contributed by atoms with Gasteiger partial charge in [0, 0.05) is 52.4 Å². The van der Waals surface area contributed by atoms with Crippen molar-refractivity contribution in [3.63, 3.8) is 0 Å². The van der Waals surface area contributed by atoms with E-state index in [-0.39, 0.29) is 19.6 Å². The number of hydrogen-bond donors (Lipinski definition) is 4. The average molecular weight is 418 g/mol. The van der Waals surface area contributed by atoms with Crippen molar-refractivity contribution in [2.24, 2.45) is 0 Å². The molecule has 0 aromatic rings. The summed E-state index contributed by atoms with van der Waals surface area (Å²) in [6.07, 6.45) is 0. The maximum absolute atomic E-state index is 11.4. The van der Waals surface area contributed by atoms with Gasteiger partial charge in [0.1, 0.15) is 6.04 Å². The Morgan fingerprint density at radius 1 is 0.621 bits per heavy atom. The zero-order valence-electron chi connectivity index (χ0n) is 16.6. The van der Waals surface area contributed by atoms with Crippen LogP contribution in [0.15, 0.2) is 0 Å². The molecule has 0 radical (unpaired) electrons. The third-order valence-electron chi connectivity index (χ3n) is 4.85. The topological polar surface area (TPSA) is 162 Å². The Morgan fingerprint density at radius 2 is 0.897 bits per heavy atom. The summed E-state index contributed by atoms with van der Waals surface area (Å²) >= 11 is 0. The van der Waals surface area contributed by atoms with Crippen LogP contribution < -0.4 is 0 Å². The highest BCUT2D eigenvalue weighted by Crippen LogP contribution is 2.05. The Labute approximate surface area is 168 Å². The molecule has 1 heterocycles. The number of nitrogens with zero attached hydrogens (tertiary/aromatic N) is 4. The predicted molar refractivity (Wildman–Crippen MR) is 101 cm³/mol. The quantitative estimate of drug-likeness (QED) is 0.341. The van der Waals surface area contributed by atoms with E-state index in [1.807, 2.05) is 0 Å². The van der Waals surface area contributed by atoms with E-state index in [0.717, 1.165) is 0 Å². The van der Waals surface area contributed by atoms with Crippen LogP contribution in [0.5, 0.6) is 0 Å². The zero-order chi connectivity index (χ0) is 22.0. The molecule has 12 nitrogen and oxygen atoms in total. The maximum Gasteiger partial charge on any atom is 0.320 e. The predicted octanol–water partition coefficient (Wildman–Crippen LogP) is -2.07. The summed E-state index contributed by atoms with van der Waals surface area (Å²) < 4.78 is 0. The normalized spacial score (nSPS) is 20.3. The Hall–Kier alpha value is -2.28. The number of aliphatic carboxylic acids is 4. The van der Waals surface area contributed by atoms with Gasteiger partial charge in [-0.15, -0.1) is 0 Å². The Balaban J connectivity index is 2.98. The lowest BCUT2D eigenvalue weighted by atomic mass is 10.2. The van der Waals surface area contributed by atoms with Gasteiger partial charge in [-0.1, -0.05) is 0 Å². The van der Waals surface area contributed by atoms with Crippen LogP contribution in [0, 0.1) is 0 Å². The fourth-order valence-electron chi connectivity index (χ4n) is 3.14. The highest BCUT2D eigenvalue weighted by atomic mass is 16.4. The molecule has 0 aliphatic carbocycles. The van der Waals surface area contributed by atoms with Crippen molar-refractivity contribution in [2.75, 3.05) is 72.0 Å². The van der Waals surface area contributed by atoms with Crippen molar-refractivity contribution in [3.05, 3.63) is 0 Å². The van der Waals surface area contributed by atoms with E-state index < -0.39 is 29.9 Å². The first kappa shape index (κ1) is 24.8. The first-order valence-corrected chi connectivity index (χ1v) is 9.37. The second kappa shape index (κ2) is 12.3. The van der Waals surface area contributed by atoms with Crippen molar-refractivity contribution in [1.82, 2.24) is 19.6 Å². The molecule has 0 unspecified atom stereocenters. The molecule has 1 aliphatic rings. The van der Waals surface area contributed by atoms with Crippen LogP contribution >= 0.6 is 0 Å². The second-order valence-electron chi connectivity index (χ2n) is 7.06. The lowest BCUT2D eigenvalue weighted by Gasteiger charge is -2.34. The minimum Gasteiger partial charge on any atom is -0.480 e. The molecule has 1 rings (SSSR count). The van der Waals surface area contributed by atoms with Crippen LogP contribution in [0.3, 0.4) is 0 Å². The van der Waals surface area contributed by atoms with Gasteiger partial charge in [0.25, 0.3) is 0 Å². The monoisotopic (exact) mass is 418 g/mol. The molecule has 0 aromatic carbocycles. The smallest absolute Gasteiger partial charge is 0.320 e. The standard InChI is InChI=1S/C17H30N4O8/c1-13(17(28)29)21-8-6-19(11-15(24)25)4-2-18(10-14(22)23)3-5-20(7-9-21)12-16(26)27/h13H,2-12H2,1H3,(H,22,23)(H,24,25)(H,26,27)(H,28,29)/t13-/m0/s1.